The third-order valence-corrected chi connectivity index (χ3v) is 6.16. The maximum absolute atomic E-state index is 12.1. The third-order valence-electron chi connectivity index (χ3n) is 4.84. The number of hydrogen-bond donors (Lipinski definition) is 3. The minimum atomic E-state index is -0.340. The van der Waals surface area contributed by atoms with Gasteiger partial charge in [-0.05, 0) is 33.6 Å². The molecular weight excluding hydrogens is 390 g/mol. The maximum Gasteiger partial charge on any atom is 0.350 e. The molecule has 162 valence electrons. The van der Waals surface area contributed by atoms with Gasteiger partial charge in [-0.25, -0.2) is 9.78 Å². The molecule has 1 aromatic rings. The Labute approximate surface area is 176 Å². The summed E-state index contributed by atoms with van der Waals surface area (Å²) in [7, 11) is 1.68. The molecular formula is C20H33N5O3S. The monoisotopic (exact) mass is 423 g/mol. The summed E-state index contributed by atoms with van der Waals surface area (Å²) < 4.78 is 5.07. The lowest BCUT2D eigenvalue weighted by molar-refractivity contribution is -0.121. The van der Waals surface area contributed by atoms with Gasteiger partial charge < -0.3 is 20.7 Å². The molecule has 0 aromatic carbocycles. The van der Waals surface area contributed by atoms with Crippen LogP contribution in [0.1, 0.15) is 78.8 Å². The van der Waals surface area contributed by atoms with Gasteiger partial charge in [-0.2, -0.15) is 0 Å². The fourth-order valence-electron chi connectivity index (χ4n) is 3.29. The molecule has 1 aliphatic rings. The number of rotatable bonds is 8. The first-order chi connectivity index (χ1) is 13.9. The summed E-state index contributed by atoms with van der Waals surface area (Å²) in [5, 5.41) is 10.3. The zero-order chi connectivity index (χ0) is 21.2. The van der Waals surface area contributed by atoms with E-state index in [9.17, 15) is 9.59 Å². The van der Waals surface area contributed by atoms with Crippen LogP contribution in [0.2, 0.25) is 0 Å². The van der Waals surface area contributed by atoms with Crippen LogP contribution in [0.15, 0.2) is 4.99 Å². The van der Waals surface area contributed by atoms with Gasteiger partial charge >= 0.3 is 5.97 Å². The molecule has 29 heavy (non-hydrogen) atoms. The van der Waals surface area contributed by atoms with Crippen molar-refractivity contribution in [2.45, 2.75) is 71.4 Å². The average Bonchev–Trinajstić information content (AvgIpc) is 3.10. The summed E-state index contributed by atoms with van der Waals surface area (Å²) in [4.78, 5) is 33.3. The van der Waals surface area contributed by atoms with Crippen molar-refractivity contribution in [3.63, 3.8) is 0 Å². The molecule has 1 saturated carbocycles. The summed E-state index contributed by atoms with van der Waals surface area (Å²) in [6, 6.07) is 0.194. The Morgan fingerprint density at radius 3 is 2.69 bits per heavy atom. The van der Waals surface area contributed by atoms with E-state index in [-0.39, 0.29) is 17.9 Å². The largest absolute Gasteiger partial charge is 0.462 e. The number of carbonyl (C=O) groups excluding carboxylic acids is 2. The van der Waals surface area contributed by atoms with Gasteiger partial charge in [0.2, 0.25) is 5.91 Å². The normalized spacial score (nSPS) is 16.2. The molecule has 3 N–H and O–H groups in total. The number of guanidine groups is 1. The third kappa shape index (κ3) is 7.30. The van der Waals surface area contributed by atoms with E-state index >= 15 is 0 Å². The molecule has 0 radical (unpaired) electrons. The number of thiazole rings is 1. The quantitative estimate of drug-likeness (QED) is 0.337. The van der Waals surface area contributed by atoms with E-state index in [4.69, 9.17) is 4.74 Å². The molecule has 1 unspecified atom stereocenters. The van der Waals surface area contributed by atoms with Crippen LogP contribution in [0.5, 0.6) is 0 Å². The topological polar surface area (TPSA) is 105 Å². The number of hydrogen-bond acceptors (Lipinski definition) is 6. The second kappa shape index (κ2) is 11.7. The smallest absolute Gasteiger partial charge is 0.350 e. The molecule has 0 aliphatic heterocycles. The predicted molar refractivity (Wildman–Crippen MR) is 115 cm³/mol. The number of aliphatic imine (C=N–C) groups is 1. The molecule has 1 aliphatic carbocycles. The van der Waals surface area contributed by atoms with Crippen molar-refractivity contribution in [3.8, 4) is 0 Å². The Morgan fingerprint density at radius 1 is 1.31 bits per heavy atom. The number of aryl methyl sites for hydroxylation is 1. The number of carbonyl (C=O) groups is 2. The van der Waals surface area contributed by atoms with Crippen molar-refractivity contribution < 1.29 is 14.3 Å². The molecule has 1 heterocycles. The van der Waals surface area contributed by atoms with E-state index in [0.717, 1.165) is 17.8 Å². The fourth-order valence-corrected chi connectivity index (χ4v) is 4.25. The summed E-state index contributed by atoms with van der Waals surface area (Å²) in [5.74, 6) is 0.323. The van der Waals surface area contributed by atoms with Crippen LogP contribution in [0.3, 0.4) is 0 Å². The van der Waals surface area contributed by atoms with E-state index < -0.39 is 0 Å². The van der Waals surface area contributed by atoms with Gasteiger partial charge in [-0.1, -0.05) is 19.3 Å². The van der Waals surface area contributed by atoms with Crippen molar-refractivity contribution in [1.82, 2.24) is 20.9 Å². The van der Waals surface area contributed by atoms with Gasteiger partial charge in [0.1, 0.15) is 9.88 Å². The highest BCUT2D eigenvalue weighted by Gasteiger charge is 2.20. The first kappa shape index (κ1) is 23.1. The second-order valence-electron chi connectivity index (χ2n) is 7.20. The Morgan fingerprint density at radius 2 is 2.03 bits per heavy atom. The molecule has 2 rings (SSSR count). The van der Waals surface area contributed by atoms with Crippen molar-refractivity contribution in [2.75, 3.05) is 20.2 Å². The highest BCUT2D eigenvalue weighted by molar-refractivity contribution is 7.13. The lowest BCUT2D eigenvalue weighted by Gasteiger charge is -2.23. The van der Waals surface area contributed by atoms with Crippen molar-refractivity contribution in [2.24, 2.45) is 4.99 Å². The maximum atomic E-state index is 12.1. The predicted octanol–water partition coefficient (Wildman–Crippen LogP) is 2.69. The first-order valence-corrected chi connectivity index (χ1v) is 11.2. The van der Waals surface area contributed by atoms with Gasteiger partial charge in [-0.3, -0.25) is 9.79 Å². The van der Waals surface area contributed by atoms with Crippen LogP contribution in [0.4, 0.5) is 0 Å². The average molecular weight is 424 g/mol. The minimum Gasteiger partial charge on any atom is -0.462 e. The van der Waals surface area contributed by atoms with Gasteiger partial charge in [0.25, 0.3) is 0 Å². The number of aromatic nitrogens is 1. The number of esters is 1. The number of nitrogens with one attached hydrogen (secondary N) is 3. The second-order valence-corrected chi connectivity index (χ2v) is 8.24. The summed E-state index contributed by atoms with van der Waals surface area (Å²) in [6.45, 7) is 6.37. The highest BCUT2D eigenvalue weighted by atomic mass is 32.1. The number of ether oxygens (including phenoxy) is 1. The van der Waals surface area contributed by atoms with Crippen LogP contribution >= 0.6 is 11.3 Å². The molecule has 0 bridgehead atoms. The van der Waals surface area contributed by atoms with Gasteiger partial charge in [-0.15, -0.1) is 11.3 Å². The van der Waals surface area contributed by atoms with Gasteiger partial charge in [0.05, 0.1) is 18.3 Å². The molecule has 1 aromatic heterocycles. The van der Waals surface area contributed by atoms with Gasteiger partial charge in [0.15, 0.2) is 5.96 Å². The van der Waals surface area contributed by atoms with Crippen molar-refractivity contribution >= 4 is 29.2 Å². The lowest BCUT2D eigenvalue weighted by Crippen LogP contribution is -2.42. The van der Waals surface area contributed by atoms with Crippen molar-refractivity contribution in [1.29, 1.82) is 0 Å². The SMILES string of the molecule is CCOC(=O)c1sc(C(C)NC(=NC)NCCC(=O)NC2CCCCC2)nc1C. The van der Waals surface area contributed by atoms with Crippen molar-refractivity contribution in [3.05, 3.63) is 15.6 Å². The highest BCUT2D eigenvalue weighted by Crippen LogP contribution is 2.24. The summed E-state index contributed by atoms with van der Waals surface area (Å²) in [6.07, 6.45) is 6.24. The summed E-state index contributed by atoms with van der Waals surface area (Å²) >= 11 is 1.32. The first-order valence-electron chi connectivity index (χ1n) is 10.4. The minimum absolute atomic E-state index is 0.0718. The van der Waals surface area contributed by atoms with E-state index in [1.165, 1.54) is 30.6 Å². The molecule has 8 nitrogen and oxygen atoms in total. The molecule has 1 atom stereocenters. The van der Waals surface area contributed by atoms with Crippen LogP contribution in [0.25, 0.3) is 0 Å². The zero-order valence-corrected chi connectivity index (χ0v) is 18.7. The molecule has 1 fully saturated rings. The molecule has 1 amide bonds. The number of nitrogens with zero attached hydrogens (tertiary/aromatic N) is 2. The summed E-state index contributed by atoms with van der Waals surface area (Å²) in [5.41, 5.74) is 0.666. The molecule has 9 heteroatoms. The molecule has 0 saturated heterocycles. The number of amides is 1. The van der Waals surface area contributed by atoms with E-state index in [2.05, 4.69) is 25.9 Å². The van der Waals surface area contributed by atoms with E-state index in [0.29, 0.717) is 42.1 Å². The van der Waals surface area contributed by atoms with Crippen LogP contribution in [-0.4, -0.2) is 49.1 Å². The van der Waals surface area contributed by atoms with Crippen LogP contribution in [0, 0.1) is 6.92 Å². The molecule has 0 spiro atoms. The fraction of sp³-hybridized carbons (Fsp3) is 0.700. The van der Waals surface area contributed by atoms with Gasteiger partial charge in [0, 0.05) is 26.1 Å². The zero-order valence-electron chi connectivity index (χ0n) is 17.8. The van der Waals surface area contributed by atoms with E-state index in [1.807, 2.05) is 6.92 Å². The van der Waals surface area contributed by atoms with Crippen LogP contribution in [-0.2, 0) is 9.53 Å². The Hall–Kier alpha value is -2.16. The Kier molecular flexibility index (Phi) is 9.37. The lowest BCUT2D eigenvalue weighted by atomic mass is 9.95. The standard InChI is InChI=1S/C20H33N5O3S/c1-5-28-19(27)17-13(2)23-18(29-17)14(3)24-20(21-4)22-12-11-16(26)25-15-9-7-6-8-10-15/h14-15H,5-12H2,1-4H3,(H,25,26)(H2,21,22,24). The Balaban J connectivity index is 1.79. The van der Waals surface area contributed by atoms with Crippen LogP contribution < -0.4 is 16.0 Å². The van der Waals surface area contributed by atoms with E-state index in [1.54, 1.807) is 20.9 Å². The Bertz CT molecular complexity index is 713.